The van der Waals surface area contributed by atoms with E-state index in [1.807, 2.05) is 0 Å². The number of hydrogen-bond acceptors (Lipinski definition) is 4. The van der Waals surface area contributed by atoms with Gasteiger partial charge in [-0.15, -0.1) is 0 Å². The van der Waals surface area contributed by atoms with Crippen LogP contribution in [0.25, 0.3) is 0 Å². The Bertz CT molecular complexity index is 401. The fourth-order valence-electron chi connectivity index (χ4n) is 1.36. The summed E-state index contributed by atoms with van der Waals surface area (Å²) in [5.74, 6) is 0.414. The minimum atomic E-state index is -1.18. The second-order valence-electron chi connectivity index (χ2n) is 3.69. The van der Waals surface area contributed by atoms with Crippen LogP contribution in [-0.4, -0.2) is 36.9 Å². The summed E-state index contributed by atoms with van der Waals surface area (Å²) in [4.78, 5) is 0.572. The summed E-state index contributed by atoms with van der Waals surface area (Å²) < 4.78 is 22.2. The Morgan fingerprint density at radius 3 is 2.83 bits per heavy atom. The van der Waals surface area contributed by atoms with Crippen molar-refractivity contribution in [1.29, 1.82) is 0 Å². The molecule has 1 unspecified atom stereocenters. The van der Waals surface area contributed by atoms with Gasteiger partial charge in [-0.2, -0.15) is 0 Å². The molecule has 1 atom stereocenters. The maximum absolute atomic E-state index is 12.0. The molecule has 0 bridgehead atoms. The molecule has 0 amide bonds. The van der Waals surface area contributed by atoms with Gasteiger partial charge in [0.05, 0.1) is 28.1 Å². The highest BCUT2D eigenvalue weighted by molar-refractivity contribution is 7.85. The third kappa shape index (κ3) is 5.35. The van der Waals surface area contributed by atoms with E-state index in [4.69, 9.17) is 26.8 Å². The van der Waals surface area contributed by atoms with Crippen molar-refractivity contribution in [3.8, 4) is 0 Å². The van der Waals surface area contributed by atoms with Crippen molar-refractivity contribution in [3.63, 3.8) is 0 Å². The average Bonchev–Trinajstić information content (AvgIpc) is 2.36. The first-order valence-corrected chi connectivity index (χ1v) is 7.35. The molecule has 0 aliphatic carbocycles. The van der Waals surface area contributed by atoms with E-state index in [0.29, 0.717) is 41.2 Å². The largest absolute Gasteiger partial charge is 0.398 e. The number of nitrogen functional groups attached to an aromatic ring is 1. The van der Waals surface area contributed by atoms with Gasteiger partial charge >= 0.3 is 0 Å². The molecule has 2 N–H and O–H groups in total. The predicted octanol–water partition coefficient (Wildman–Crippen LogP) is 2.08. The summed E-state index contributed by atoms with van der Waals surface area (Å²) in [6.07, 6.45) is 0.836. The normalized spacial score (nSPS) is 12.6. The van der Waals surface area contributed by atoms with E-state index in [9.17, 15) is 4.21 Å². The molecule has 1 aromatic carbocycles. The van der Waals surface area contributed by atoms with Crippen molar-refractivity contribution >= 4 is 28.1 Å². The molecule has 1 rings (SSSR count). The lowest BCUT2D eigenvalue weighted by atomic mass is 10.3. The lowest BCUT2D eigenvalue weighted by Crippen LogP contribution is -2.09. The molecule has 0 heterocycles. The SMILES string of the molecule is COCCCOCCS(=O)c1cc(Cl)ccc1N. The molecule has 0 aliphatic rings. The number of methoxy groups -OCH3 is 1. The fraction of sp³-hybridized carbons (Fsp3) is 0.500. The molecule has 4 nitrogen and oxygen atoms in total. The summed E-state index contributed by atoms with van der Waals surface area (Å²) in [6.45, 7) is 1.71. The molecule has 6 heteroatoms. The van der Waals surface area contributed by atoms with Crippen molar-refractivity contribution in [3.05, 3.63) is 23.2 Å². The van der Waals surface area contributed by atoms with Gasteiger partial charge in [-0.05, 0) is 24.6 Å². The van der Waals surface area contributed by atoms with Crippen LogP contribution in [0.3, 0.4) is 0 Å². The van der Waals surface area contributed by atoms with Crippen molar-refractivity contribution in [1.82, 2.24) is 0 Å². The van der Waals surface area contributed by atoms with E-state index in [0.717, 1.165) is 6.42 Å². The Labute approximate surface area is 115 Å². The molecule has 0 aliphatic heterocycles. The second kappa shape index (κ2) is 8.48. The zero-order valence-electron chi connectivity index (χ0n) is 10.4. The van der Waals surface area contributed by atoms with Crippen molar-refractivity contribution in [2.45, 2.75) is 11.3 Å². The minimum Gasteiger partial charge on any atom is -0.398 e. The maximum atomic E-state index is 12.0. The van der Waals surface area contributed by atoms with E-state index in [1.165, 1.54) is 0 Å². The van der Waals surface area contributed by atoms with E-state index in [2.05, 4.69) is 0 Å². The number of halogens is 1. The highest BCUT2D eigenvalue weighted by atomic mass is 35.5. The Morgan fingerprint density at radius 1 is 1.33 bits per heavy atom. The summed E-state index contributed by atoms with van der Waals surface area (Å²) in [5.41, 5.74) is 6.25. The van der Waals surface area contributed by atoms with Crippen LogP contribution in [0, 0.1) is 0 Å². The zero-order chi connectivity index (χ0) is 13.4. The van der Waals surface area contributed by atoms with Gasteiger partial charge in [-0.25, -0.2) is 0 Å². The zero-order valence-corrected chi connectivity index (χ0v) is 11.9. The summed E-state index contributed by atoms with van der Waals surface area (Å²) >= 11 is 5.84. The van der Waals surface area contributed by atoms with Crippen LogP contribution in [0.1, 0.15) is 6.42 Å². The van der Waals surface area contributed by atoms with E-state index in [-0.39, 0.29) is 0 Å². The quantitative estimate of drug-likeness (QED) is 0.588. The molecule has 1 aromatic rings. The summed E-state index contributed by atoms with van der Waals surface area (Å²) in [6, 6.07) is 4.98. The van der Waals surface area contributed by atoms with Crippen LogP contribution in [0.5, 0.6) is 0 Å². The number of anilines is 1. The fourth-order valence-corrected chi connectivity index (χ4v) is 2.67. The van der Waals surface area contributed by atoms with Crippen LogP contribution >= 0.6 is 11.6 Å². The number of hydrogen-bond donors (Lipinski definition) is 1. The van der Waals surface area contributed by atoms with Crippen LogP contribution in [0.2, 0.25) is 5.02 Å². The van der Waals surface area contributed by atoms with Crippen molar-refractivity contribution in [2.75, 3.05) is 38.4 Å². The molecular weight excluding hydrogens is 274 g/mol. The first-order chi connectivity index (χ1) is 8.65. The topological polar surface area (TPSA) is 61.5 Å². The van der Waals surface area contributed by atoms with Crippen LogP contribution < -0.4 is 5.73 Å². The van der Waals surface area contributed by atoms with Crippen molar-refractivity contribution < 1.29 is 13.7 Å². The number of nitrogens with two attached hydrogens (primary N) is 1. The second-order valence-corrected chi connectivity index (χ2v) is 5.67. The number of benzene rings is 1. The molecule has 18 heavy (non-hydrogen) atoms. The van der Waals surface area contributed by atoms with Crippen LogP contribution in [-0.2, 0) is 20.3 Å². The van der Waals surface area contributed by atoms with E-state index in [1.54, 1.807) is 25.3 Å². The highest BCUT2D eigenvalue weighted by Crippen LogP contribution is 2.21. The van der Waals surface area contributed by atoms with Gasteiger partial charge in [0.1, 0.15) is 0 Å². The minimum absolute atomic E-state index is 0.414. The Hall–Kier alpha value is -0.620. The third-order valence-electron chi connectivity index (χ3n) is 2.27. The van der Waals surface area contributed by atoms with Crippen molar-refractivity contribution in [2.24, 2.45) is 0 Å². The third-order valence-corrected chi connectivity index (χ3v) is 3.89. The standard InChI is InChI=1S/C12H18ClNO3S/c1-16-5-2-6-17-7-8-18(15)12-9-10(13)3-4-11(12)14/h3-4,9H,2,5-8,14H2,1H3. The van der Waals surface area contributed by atoms with Gasteiger partial charge < -0.3 is 15.2 Å². The Kier molecular flexibility index (Phi) is 7.27. The lowest BCUT2D eigenvalue weighted by molar-refractivity contribution is 0.112. The molecular formula is C12H18ClNO3S. The molecule has 0 fully saturated rings. The molecule has 0 radical (unpaired) electrons. The van der Waals surface area contributed by atoms with Crippen LogP contribution in [0.15, 0.2) is 23.1 Å². The highest BCUT2D eigenvalue weighted by Gasteiger charge is 2.08. The van der Waals surface area contributed by atoms with Gasteiger partial charge in [-0.1, -0.05) is 11.6 Å². The van der Waals surface area contributed by atoms with Gasteiger partial charge in [-0.3, -0.25) is 4.21 Å². The molecule has 102 valence electrons. The molecule has 0 saturated carbocycles. The smallest absolute Gasteiger partial charge is 0.0633 e. The average molecular weight is 292 g/mol. The molecule has 0 saturated heterocycles. The van der Waals surface area contributed by atoms with Gasteiger partial charge in [0.25, 0.3) is 0 Å². The summed E-state index contributed by atoms with van der Waals surface area (Å²) in [7, 11) is 0.472. The number of rotatable bonds is 8. The monoisotopic (exact) mass is 291 g/mol. The van der Waals surface area contributed by atoms with Crippen LogP contribution in [0.4, 0.5) is 5.69 Å². The lowest BCUT2D eigenvalue weighted by Gasteiger charge is -2.07. The van der Waals surface area contributed by atoms with E-state index < -0.39 is 10.8 Å². The molecule has 0 spiro atoms. The van der Waals surface area contributed by atoms with Gasteiger partial charge in [0.2, 0.25) is 0 Å². The Balaban J connectivity index is 2.34. The molecule has 0 aromatic heterocycles. The Morgan fingerprint density at radius 2 is 2.11 bits per heavy atom. The van der Waals surface area contributed by atoms with Gasteiger partial charge in [0.15, 0.2) is 0 Å². The first kappa shape index (κ1) is 15.4. The van der Waals surface area contributed by atoms with Gasteiger partial charge in [0, 0.05) is 31.0 Å². The van der Waals surface area contributed by atoms with E-state index >= 15 is 0 Å². The predicted molar refractivity (Wildman–Crippen MR) is 74.5 cm³/mol. The first-order valence-electron chi connectivity index (χ1n) is 5.65. The number of ether oxygens (including phenoxy) is 2. The summed E-state index contributed by atoms with van der Waals surface area (Å²) in [5, 5.41) is 0.536. The maximum Gasteiger partial charge on any atom is 0.0633 e.